The van der Waals surface area contributed by atoms with Gasteiger partial charge in [0.2, 0.25) is 0 Å². The molecule has 8 bridgehead atoms. The Hall–Kier alpha value is 0.440. The number of hydrogen-bond donors (Lipinski definition) is 1. The summed E-state index contributed by atoms with van der Waals surface area (Å²) in [4.78, 5) is 13.1. The van der Waals surface area contributed by atoms with Crippen LogP contribution in [0, 0.1) is 0 Å². The quantitative estimate of drug-likeness (QED) is 0.191. The molecule has 0 atom stereocenters. The lowest BCUT2D eigenvalue weighted by Gasteiger charge is -2.00. The lowest BCUT2D eigenvalue weighted by molar-refractivity contribution is 1.28. The first-order valence-corrected chi connectivity index (χ1v) is 15.0. The molecule has 0 amide bonds. The molecule has 5 rings (SSSR count). The number of nitrogens with zero attached hydrogens (tertiary/aromatic N) is 3. The molecule has 0 saturated carbocycles. The van der Waals surface area contributed by atoms with Gasteiger partial charge in [0.15, 0.2) is 0 Å². The maximum Gasteiger partial charge on any atom is 0.0956 e. The number of rotatable bonds is 0. The van der Waals surface area contributed by atoms with Gasteiger partial charge in [-0.1, -0.05) is 0 Å². The van der Waals surface area contributed by atoms with E-state index in [1.165, 1.54) is 0 Å². The monoisotopic (exact) mass is 933 g/mol. The van der Waals surface area contributed by atoms with E-state index in [1.54, 1.807) is 0 Å². The number of aromatic amines is 1. The van der Waals surface area contributed by atoms with Crippen LogP contribution in [0.5, 0.6) is 0 Å². The molecule has 12 heteroatoms. The van der Waals surface area contributed by atoms with Gasteiger partial charge in [-0.3, -0.25) is 3.59 Å². The highest BCUT2D eigenvalue weighted by atomic mass is 79.9. The summed E-state index contributed by atoms with van der Waals surface area (Å²) in [6, 6.07) is 6.02. The predicted molar refractivity (Wildman–Crippen MR) is 161 cm³/mol. The molecule has 2 aliphatic heterocycles. The Labute approximate surface area is 249 Å². The molecule has 0 fully saturated rings. The topological polar surface area (TPSA) is 46.5 Å². The summed E-state index contributed by atoms with van der Waals surface area (Å²) in [6.45, 7) is 0. The molecule has 0 saturated heterocycles. The van der Waals surface area contributed by atoms with Crippen molar-refractivity contribution < 1.29 is 0 Å². The fourth-order valence-electron chi connectivity index (χ4n) is 3.29. The minimum atomic E-state index is 0.747. The number of H-pyrrole nitrogens is 1. The van der Waals surface area contributed by atoms with E-state index in [4.69, 9.17) is 9.97 Å². The molecule has 4 nitrogen and oxygen atoms in total. The summed E-state index contributed by atoms with van der Waals surface area (Å²) in [6.07, 6.45) is 3.98. The molecule has 0 aliphatic carbocycles. The molecule has 3 aromatic rings. The highest BCUT2D eigenvalue weighted by Crippen LogP contribution is 2.47. The van der Waals surface area contributed by atoms with E-state index in [0.29, 0.717) is 0 Å². The van der Waals surface area contributed by atoms with Crippen molar-refractivity contribution in [2.24, 2.45) is 0 Å². The molecular formula is C20H6Br8N4. The zero-order valence-electron chi connectivity index (χ0n) is 15.3. The van der Waals surface area contributed by atoms with Crippen LogP contribution in [0.3, 0.4) is 0 Å². The second-order valence-electron chi connectivity index (χ2n) is 6.74. The smallest absolute Gasteiger partial charge is 0.0956 e. The van der Waals surface area contributed by atoms with E-state index >= 15 is 0 Å². The van der Waals surface area contributed by atoms with Crippen LogP contribution in [-0.4, -0.2) is 18.5 Å². The molecule has 5 heterocycles. The maximum absolute atomic E-state index is 4.93. The van der Waals surface area contributed by atoms with Crippen molar-refractivity contribution >= 4 is 171 Å². The fraction of sp³-hybridized carbons (Fsp3) is 0. The standard InChI is InChI=1S/C20H6Br8N4/c21-9-4-8-3-6-1-2-7(29-6)5-10-11(22)14(25)20(32(10)28)16(27)19-13(24)12(23)18(31-19)15(26)17(9)30-8/h1-5,30H. The van der Waals surface area contributed by atoms with Crippen LogP contribution >= 0.6 is 128 Å². The van der Waals surface area contributed by atoms with Crippen LogP contribution in [0.4, 0.5) is 0 Å². The van der Waals surface area contributed by atoms with Crippen LogP contribution in [0.25, 0.3) is 43.2 Å². The summed E-state index contributed by atoms with van der Waals surface area (Å²) in [5.74, 6) is 0. The van der Waals surface area contributed by atoms with Gasteiger partial charge in [-0.15, -0.1) is 0 Å². The van der Waals surface area contributed by atoms with Crippen molar-refractivity contribution in [3.8, 4) is 0 Å². The maximum atomic E-state index is 4.93. The van der Waals surface area contributed by atoms with Crippen molar-refractivity contribution in [3.05, 3.63) is 63.3 Å². The Morgan fingerprint density at radius 1 is 0.688 bits per heavy atom. The predicted octanol–water partition coefficient (Wildman–Crippen LogP) is 10.5. The van der Waals surface area contributed by atoms with Crippen LogP contribution in [0.2, 0.25) is 0 Å². The number of nitrogens with one attached hydrogen (secondary N) is 1. The third kappa shape index (κ3) is 3.98. The normalized spacial score (nSPS) is 13.4. The largest absolute Gasteiger partial charge is 0.354 e. The summed E-state index contributed by atoms with van der Waals surface area (Å²) in [5.41, 5.74) is 6.77. The van der Waals surface area contributed by atoms with E-state index in [0.717, 1.165) is 76.2 Å². The minimum Gasteiger partial charge on any atom is -0.354 e. The first-order valence-electron chi connectivity index (χ1n) is 8.73. The van der Waals surface area contributed by atoms with Gasteiger partial charge in [-0.25, -0.2) is 9.97 Å². The van der Waals surface area contributed by atoms with Gasteiger partial charge in [0, 0.05) is 9.99 Å². The van der Waals surface area contributed by atoms with Crippen molar-refractivity contribution in [1.82, 2.24) is 18.5 Å². The molecule has 2 aliphatic rings. The third-order valence-corrected chi connectivity index (χ3v) is 11.8. The fourth-order valence-corrected chi connectivity index (χ4v) is 9.52. The zero-order valence-corrected chi connectivity index (χ0v) is 27.9. The van der Waals surface area contributed by atoms with E-state index in [-0.39, 0.29) is 0 Å². The van der Waals surface area contributed by atoms with E-state index < -0.39 is 0 Å². The lowest BCUT2D eigenvalue weighted by Crippen LogP contribution is -1.85. The summed E-state index contributed by atoms with van der Waals surface area (Å²) >= 11 is 29.7. The minimum absolute atomic E-state index is 0.747. The summed E-state index contributed by atoms with van der Waals surface area (Å²) in [7, 11) is 0. The zero-order chi connectivity index (χ0) is 22.9. The van der Waals surface area contributed by atoms with Gasteiger partial charge in [0.1, 0.15) is 0 Å². The number of fused-ring (bicyclic) bond motifs is 8. The average Bonchev–Trinajstić information content (AvgIpc) is 3.47. The molecule has 162 valence electrons. The van der Waals surface area contributed by atoms with Crippen LogP contribution in [0.1, 0.15) is 22.8 Å². The molecule has 0 spiro atoms. The van der Waals surface area contributed by atoms with Crippen LogP contribution in [-0.2, 0) is 0 Å². The van der Waals surface area contributed by atoms with E-state index in [9.17, 15) is 0 Å². The van der Waals surface area contributed by atoms with Gasteiger partial charge in [-0.2, -0.15) is 0 Å². The first-order chi connectivity index (χ1) is 15.2. The Morgan fingerprint density at radius 2 is 1.31 bits per heavy atom. The highest BCUT2D eigenvalue weighted by Gasteiger charge is 2.24. The van der Waals surface area contributed by atoms with Gasteiger partial charge in [0.25, 0.3) is 0 Å². The second kappa shape index (κ2) is 9.15. The lowest BCUT2D eigenvalue weighted by atomic mass is 10.3. The van der Waals surface area contributed by atoms with Crippen molar-refractivity contribution in [2.75, 3.05) is 0 Å². The Balaban J connectivity index is 2.05. The molecule has 0 radical (unpaired) electrons. The van der Waals surface area contributed by atoms with Crippen molar-refractivity contribution in [3.63, 3.8) is 0 Å². The second-order valence-corrected chi connectivity index (χ2v) is 13.1. The summed E-state index contributed by atoms with van der Waals surface area (Å²) in [5, 5.41) is 0. The Bertz CT molecular complexity index is 1560. The number of hydrogen-bond acceptors (Lipinski definition) is 2. The van der Waals surface area contributed by atoms with Crippen molar-refractivity contribution in [2.45, 2.75) is 0 Å². The summed E-state index contributed by atoms with van der Waals surface area (Å²) < 4.78 is 7.88. The molecular weight excluding hydrogens is 935 g/mol. The Kier molecular flexibility index (Phi) is 6.90. The molecule has 1 N–H and O–H groups in total. The molecule has 0 unspecified atom stereocenters. The van der Waals surface area contributed by atoms with Crippen LogP contribution in [0.15, 0.2) is 40.6 Å². The number of halogens is 8. The molecule has 32 heavy (non-hydrogen) atoms. The Morgan fingerprint density at radius 3 is 2.00 bits per heavy atom. The number of aromatic nitrogens is 4. The van der Waals surface area contributed by atoms with E-state index in [1.807, 2.05) is 33.9 Å². The van der Waals surface area contributed by atoms with Crippen LogP contribution < -0.4 is 0 Å². The molecule has 0 aromatic carbocycles. The SMILES string of the molecule is BrC1=C(Br)c2nc1c(Br)c1[nH]c(cc3nc(cc4c(Br)c(Br)c(c2Br)n4Br)C=C3)cc1Br. The molecule has 3 aromatic heterocycles. The van der Waals surface area contributed by atoms with Crippen molar-refractivity contribution in [1.29, 1.82) is 0 Å². The van der Waals surface area contributed by atoms with Gasteiger partial charge >= 0.3 is 0 Å². The third-order valence-electron chi connectivity index (χ3n) is 4.77. The van der Waals surface area contributed by atoms with Gasteiger partial charge in [-0.05, 0) is 142 Å². The first kappa shape index (κ1) is 24.1. The highest BCUT2D eigenvalue weighted by molar-refractivity contribution is 9.18. The van der Waals surface area contributed by atoms with Gasteiger partial charge in [0.05, 0.1) is 82.3 Å². The van der Waals surface area contributed by atoms with Gasteiger partial charge < -0.3 is 4.98 Å². The average molecular weight is 942 g/mol. The van der Waals surface area contributed by atoms with E-state index in [2.05, 4.69) is 133 Å².